The Labute approximate surface area is 188 Å². The van der Waals surface area contributed by atoms with E-state index in [1.54, 1.807) is 13.8 Å². The quantitative estimate of drug-likeness (QED) is 0.497. The lowest BCUT2D eigenvalue weighted by Crippen LogP contribution is -2.55. The fraction of sp³-hybridized carbons (Fsp3) is 0.667. The molecule has 1 aromatic rings. The third kappa shape index (κ3) is 9.18. The van der Waals surface area contributed by atoms with Crippen LogP contribution < -0.4 is 16.4 Å². The first-order chi connectivity index (χ1) is 15.0. The average Bonchev–Trinajstić information content (AvgIpc) is 2.73. The molecule has 0 radical (unpaired) electrons. The summed E-state index contributed by atoms with van der Waals surface area (Å²) in [6, 6.07) is 6.23. The van der Waals surface area contributed by atoms with E-state index in [1.807, 2.05) is 30.3 Å². The number of benzene rings is 1. The molecule has 1 aromatic carbocycles. The van der Waals surface area contributed by atoms with Crippen LogP contribution in [0.4, 0.5) is 13.2 Å². The van der Waals surface area contributed by atoms with Gasteiger partial charge in [0.25, 0.3) is 0 Å². The van der Waals surface area contributed by atoms with Crippen molar-refractivity contribution < 1.29 is 22.8 Å². The van der Waals surface area contributed by atoms with Crippen LogP contribution in [-0.4, -0.2) is 36.1 Å². The first-order valence-corrected chi connectivity index (χ1v) is 11.5. The molecule has 0 aliphatic heterocycles. The molecule has 0 aromatic heterocycles. The smallest absolute Gasteiger partial charge is 0.351 e. The van der Waals surface area contributed by atoms with Crippen molar-refractivity contribution in [1.29, 1.82) is 0 Å². The normalized spacial score (nSPS) is 18.1. The Hall–Kier alpha value is -2.09. The van der Waals surface area contributed by atoms with Gasteiger partial charge in [0, 0.05) is 12.5 Å². The molecule has 0 bridgehead atoms. The van der Waals surface area contributed by atoms with Crippen LogP contribution in [0.3, 0.4) is 0 Å². The zero-order chi connectivity index (χ0) is 23.7. The number of nitrogens with two attached hydrogens (primary N) is 1. The third-order valence-corrected chi connectivity index (χ3v) is 6.15. The second-order valence-corrected chi connectivity index (χ2v) is 9.28. The van der Waals surface area contributed by atoms with Gasteiger partial charge in [-0.05, 0) is 23.8 Å². The number of rotatable bonds is 10. The summed E-state index contributed by atoms with van der Waals surface area (Å²) < 4.78 is 38.9. The van der Waals surface area contributed by atoms with Gasteiger partial charge in [0.2, 0.25) is 11.8 Å². The zero-order valence-electron chi connectivity index (χ0n) is 19.0. The van der Waals surface area contributed by atoms with E-state index in [0.29, 0.717) is 12.3 Å². The van der Waals surface area contributed by atoms with E-state index in [0.717, 1.165) is 31.2 Å². The van der Waals surface area contributed by atoms with Gasteiger partial charge in [0.15, 0.2) is 0 Å². The predicted octanol–water partition coefficient (Wildman–Crippen LogP) is 4.10. The lowest BCUT2D eigenvalue weighted by atomic mass is 9.85. The number of alkyl halides is 3. The highest BCUT2D eigenvalue weighted by Gasteiger charge is 2.35. The van der Waals surface area contributed by atoms with Crippen molar-refractivity contribution in [3.8, 4) is 0 Å². The highest BCUT2D eigenvalue weighted by atomic mass is 19.4. The van der Waals surface area contributed by atoms with E-state index < -0.39 is 48.5 Å². The summed E-state index contributed by atoms with van der Waals surface area (Å²) >= 11 is 0. The number of hydrogen-bond acceptors (Lipinski definition) is 3. The van der Waals surface area contributed by atoms with Gasteiger partial charge < -0.3 is 16.4 Å². The summed E-state index contributed by atoms with van der Waals surface area (Å²) in [5, 5.41) is 5.21. The molecular formula is C24H36F3N3O2. The molecule has 0 heterocycles. The minimum absolute atomic E-state index is 0.172. The van der Waals surface area contributed by atoms with Crippen LogP contribution in [0.15, 0.2) is 30.3 Å². The molecule has 0 spiro atoms. The number of amides is 2. The van der Waals surface area contributed by atoms with Crippen LogP contribution in [-0.2, 0) is 16.0 Å². The van der Waals surface area contributed by atoms with Crippen molar-refractivity contribution in [2.45, 2.75) is 89.5 Å². The van der Waals surface area contributed by atoms with Crippen molar-refractivity contribution >= 4 is 11.8 Å². The monoisotopic (exact) mass is 455 g/mol. The molecule has 180 valence electrons. The second kappa shape index (κ2) is 12.2. The fourth-order valence-electron chi connectivity index (χ4n) is 4.21. The van der Waals surface area contributed by atoms with E-state index in [4.69, 9.17) is 5.73 Å². The highest BCUT2D eigenvalue weighted by Crippen LogP contribution is 2.27. The topological polar surface area (TPSA) is 84.2 Å². The van der Waals surface area contributed by atoms with Gasteiger partial charge in [-0.3, -0.25) is 9.59 Å². The van der Waals surface area contributed by atoms with Gasteiger partial charge in [0.05, 0.1) is 12.5 Å². The summed E-state index contributed by atoms with van der Waals surface area (Å²) in [6.07, 6.45) is 0.755. The number of nitrogens with one attached hydrogen (secondary N) is 2. The molecule has 1 aliphatic rings. The van der Waals surface area contributed by atoms with Gasteiger partial charge in [-0.15, -0.1) is 0 Å². The summed E-state index contributed by atoms with van der Waals surface area (Å²) in [5.41, 5.74) is 6.93. The van der Waals surface area contributed by atoms with Crippen molar-refractivity contribution in [2.75, 3.05) is 0 Å². The Morgan fingerprint density at radius 1 is 1.03 bits per heavy atom. The van der Waals surface area contributed by atoms with Crippen molar-refractivity contribution in [1.82, 2.24) is 10.6 Å². The Morgan fingerprint density at radius 2 is 1.66 bits per heavy atom. The molecule has 8 heteroatoms. The SMILES string of the molecule is CC(C)[C@@H](CC(F)(F)F)NC(=O)C(Cc1ccccc1)NC(=O)C(N)CC1CCCCC1. The molecular weight excluding hydrogens is 419 g/mol. The minimum Gasteiger partial charge on any atom is -0.351 e. The Bertz CT molecular complexity index is 719. The Morgan fingerprint density at radius 3 is 2.22 bits per heavy atom. The summed E-state index contributed by atoms with van der Waals surface area (Å²) in [4.78, 5) is 25.7. The van der Waals surface area contributed by atoms with Crippen LogP contribution >= 0.6 is 0 Å². The average molecular weight is 456 g/mol. The maximum Gasteiger partial charge on any atom is 0.391 e. The molecule has 1 saturated carbocycles. The number of halogens is 3. The van der Waals surface area contributed by atoms with Crippen molar-refractivity contribution in [2.24, 2.45) is 17.6 Å². The molecule has 5 nitrogen and oxygen atoms in total. The summed E-state index contributed by atoms with van der Waals surface area (Å²) in [6.45, 7) is 3.25. The van der Waals surface area contributed by atoms with Crippen LogP contribution in [0.2, 0.25) is 0 Å². The van der Waals surface area contributed by atoms with Gasteiger partial charge in [-0.2, -0.15) is 13.2 Å². The maximum absolute atomic E-state index is 13.0. The molecule has 2 rings (SSSR count). The molecule has 1 aliphatic carbocycles. The van der Waals surface area contributed by atoms with Crippen LogP contribution in [0.25, 0.3) is 0 Å². The molecule has 1 fully saturated rings. The van der Waals surface area contributed by atoms with Crippen LogP contribution in [0.5, 0.6) is 0 Å². The summed E-state index contributed by atoms with van der Waals surface area (Å²) in [5.74, 6) is -1.09. The maximum atomic E-state index is 13.0. The van der Waals surface area contributed by atoms with Crippen molar-refractivity contribution in [3.63, 3.8) is 0 Å². The molecule has 3 atom stereocenters. The fourth-order valence-corrected chi connectivity index (χ4v) is 4.21. The largest absolute Gasteiger partial charge is 0.391 e. The van der Waals surface area contributed by atoms with Gasteiger partial charge in [-0.25, -0.2) is 0 Å². The lowest BCUT2D eigenvalue weighted by Gasteiger charge is -2.28. The minimum atomic E-state index is -4.40. The zero-order valence-corrected chi connectivity index (χ0v) is 19.0. The molecule has 0 saturated heterocycles. The second-order valence-electron chi connectivity index (χ2n) is 9.28. The van der Waals surface area contributed by atoms with Crippen LogP contribution in [0.1, 0.15) is 64.4 Å². The highest BCUT2D eigenvalue weighted by molar-refractivity contribution is 5.90. The van der Waals surface area contributed by atoms with E-state index in [-0.39, 0.29) is 6.42 Å². The molecule has 4 N–H and O–H groups in total. The van der Waals surface area contributed by atoms with E-state index in [2.05, 4.69) is 10.6 Å². The first-order valence-electron chi connectivity index (χ1n) is 11.5. The first kappa shape index (κ1) is 26.2. The van der Waals surface area contributed by atoms with Gasteiger partial charge >= 0.3 is 6.18 Å². The predicted molar refractivity (Wildman–Crippen MR) is 119 cm³/mol. The van der Waals surface area contributed by atoms with Crippen molar-refractivity contribution in [3.05, 3.63) is 35.9 Å². The van der Waals surface area contributed by atoms with E-state index in [9.17, 15) is 22.8 Å². The van der Waals surface area contributed by atoms with Gasteiger partial charge in [-0.1, -0.05) is 76.3 Å². The van der Waals surface area contributed by atoms with E-state index >= 15 is 0 Å². The number of hydrogen-bond donors (Lipinski definition) is 3. The Balaban J connectivity index is 2.08. The van der Waals surface area contributed by atoms with E-state index in [1.165, 1.54) is 6.42 Å². The molecule has 32 heavy (non-hydrogen) atoms. The molecule has 2 unspecified atom stereocenters. The van der Waals surface area contributed by atoms with Gasteiger partial charge in [0.1, 0.15) is 6.04 Å². The lowest BCUT2D eigenvalue weighted by molar-refractivity contribution is -0.145. The number of carbonyl (C=O) groups excluding carboxylic acids is 2. The number of carbonyl (C=O) groups is 2. The Kier molecular flexibility index (Phi) is 10.0. The van der Waals surface area contributed by atoms with Crippen LogP contribution in [0, 0.1) is 11.8 Å². The molecule has 2 amide bonds. The standard InChI is InChI=1S/C24H36F3N3O2/c1-16(2)21(15-24(25,26)27)30-23(32)20(14-18-11-7-4-8-12-18)29-22(31)19(28)13-17-9-5-3-6-10-17/h4,7-8,11-12,16-17,19-21H,3,5-6,9-10,13-15,28H2,1-2H3,(H,29,31)(H,30,32)/t19?,20?,21-/m1/s1. The summed E-state index contributed by atoms with van der Waals surface area (Å²) in [7, 11) is 0. The third-order valence-electron chi connectivity index (χ3n) is 6.15.